The van der Waals surface area contributed by atoms with E-state index in [4.69, 9.17) is 10.5 Å². The Morgan fingerprint density at radius 2 is 1.79 bits per heavy atom. The zero-order valence-corrected chi connectivity index (χ0v) is 13.0. The summed E-state index contributed by atoms with van der Waals surface area (Å²) in [7, 11) is 1.33. The molecule has 0 unspecified atom stereocenters. The van der Waals surface area contributed by atoms with Crippen molar-refractivity contribution >= 4 is 11.6 Å². The van der Waals surface area contributed by atoms with Crippen molar-refractivity contribution in [2.24, 2.45) is 0 Å². The van der Waals surface area contributed by atoms with Gasteiger partial charge in [-0.15, -0.1) is 0 Å². The number of methoxy groups -OCH3 is 1. The number of alkyl halides is 3. The van der Waals surface area contributed by atoms with Gasteiger partial charge in [0.1, 0.15) is 17.9 Å². The number of amides is 1. The molecule has 4 nitrogen and oxygen atoms in total. The summed E-state index contributed by atoms with van der Waals surface area (Å²) in [5.74, 6) is -0.689. The fraction of sp³-hybridized carbons (Fsp3) is 0.235. The highest BCUT2D eigenvalue weighted by Gasteiger charge is 2.34. The molecule has 0 aliphatic carbocycles. The number of ether oxygens (including phenoxy) is 1. The molecule has 0 spiro atoms. The first-order chi connectivity index (χ1) is 11.3. The largest absolute Gasteiger partial charge is 0.496 e. The zero-order valence-electron chi connectivity index (χ0n) is 13.0. The number of nitrogen functional groups attached to an aromatic ring is 1. The van der Waals surface area contributed by atoms with Crippen LogP contribution in [0.25, 0.3) is 0 Å². The van der Waals surface area contributed by atoms with E-state index >= 15 is 0 Å². The Morgan fingerprint density at radius 1 is 1.12 bits per heavy atom. The Kier molecular flexibility index (Phi) is 5.33. The summed E-state index contributed by atoms with van der Waals surface area (Å²) in [6.45, 7) is -1.56. The Labute approximate surface area is 137 Å². The molecule has 0 saturated carbocycles. The van der Waals surface area contributed by atoms with Crippen molar-refractivity contribution in [3.8, 4) is 5.75 Å². The lowest BCUT2D eigenvalue weighted by Gasteiger charge is -2.25. The van der Waals surface area contributed by atoms with Gasteiger partial charge in [-0.1, -0.05) is 36.4 Å². The number of halogens is 3. The second kappa shape index (κ2) is 7.25. The van der Waals surface area contributed by atoms with Gasteiger partial charge in [0.05, 0.1) is 7.11 Å². The van der Waals surface area contributed by atoms with Crippen LogP contribution in [0.1, 0.15) is 15.9 Å². The maximum Gasteiger partial charge on any atom is 0.406 e. The molecule has 0 aliphatic heterocycles. The van der Waals surface area contributed by atoms with Crippen LogP contribution in [-0.2, 0) is 6.54 Å². The van der Waals surface area contributed by atoms with Gasteiger partial charge in [-0.2, -0.15) is 13.2 Å². The number of benzene rings is 2. The minimum absolute atomic E-state index is 0.0691. The summed E-state index contributed by atoms with van der Waals surface area (Å²) in [4.78, 5) is 13.4. The fourth-order valence-electron chi connectivity index (χ4n) is 2.32. The van der Waals surface area contributed by atoms with Gasteiger partial charge in [0.15, 0.2) is 0 Å². The van der Waals surface area contributed by atoms with Crippen LogP contribution < -0.4 is 10.5 Å². The van der Waals surface area contributed by atoms with Crippen LogP contribution in [0.2, 0.25) is 0 Å². The van der Waals surface area contributed by atoms with Gasteiger partial charge in [-0.25, -0.2) is 0 Å². The van der Waals surface area contributed by atoms with E-state index in [9.17, 15) is 18.0 Å². The summed E-state index contributed by atoms with van der Waals surface area (Å²) in [5, 5.41) is 0. The molecule has 2 aromatic rings. The molecule has 0 atom stereocenters. The first-order valence-corrected chi connectivity index (χ1v) is 7.14. The zero-order chi connectivity index (χ0) is 17.7. The monoisotopic (exact) mass is 338 g/mol. The molecule has 0 radical (unpaired) electrons. The van der Waals surface area contributed by atoms with Crippen molar-refractivity contribution in [3.63, 3.8) is 0 Å². The number of nitrogens with zero attached hydrogens (tertiary/aromatic N) is 1. The van der Waals surface area contributed by atoms with Crippen molar-refractivity contribution in [1.29, 1.82) is 0 Å². The van der Waals surface area contributed by atoms with E-state index in [1.165, 1.54) is 19.2 Å². The molecule has 2 aromatic carbocycles. The molecule has 0 aromatic heterocycles. The smallest absolute Gasteiger partial charge is 0.406 e. The van der Waals surface area contributed by atoms with Gasteiger partial charge in [0.25, 0.3) is 5.91 Å². The average Bonchev–Trinajstić information content (AvgIpc) is 2.53. The van der Waals surface area contributed by atoms with Gasteiger partial charge >= 0.3 is 6.18 Å². The number of carbonyl (C=O) groups excluding carboxylic acids is 1. The number of hydrogen-bond donors (Lipinski definition) is 1. The molecule has 0 aliphatic rings. The van der Waals surface area contributed by atoms with E-state index in [1.54, 1.807) is 36.4 Å². The number of carbonyl (C=O) groups is 1. The fourth-order valence-corrected chi connectivity index (χ4v) is 2.32. The minimum atomic E-state index is -4.53. The van der Waals surface area contributed by atoms with Crippen molar-refractivity contribution in [2.45, 2.75) is 12.7 Å². The second-order valence-electron chi connectivity index (χ2n) is 5.19. The Hall–Kier alpha value is -2.70. The molecule has 0 bridgehead atoms. The highest BCUT2D eigenvalue weighted by atomic mass is 19.4. The van der Waals surface area contributed by atoms with Crippen LogP contribution in [0.5, 0.6) is 5.75 Å². The van der Waals surface area contributed by atoms with Crippen molar-refractivity contribution in [2.75, 3.05) is 19.4 Å². The molecule has 7 heteroatoms. The van der Waals surface area contributed by atoms with Gasteiger partial charge in [-0.05, 0) is 17.7 Å². The summed E-state index contributed by atoms with van der Waals surface area (Å²) in [5.41, 5.74) is 6.37. The van der Waals surface area contributed by atoms with Crippen LogP contribution in [0, 0.1) is 0 Å². The van der Waals surface area contributed by atoms with E-state index in [0.29, 0.717) is 10.5 Å². The minimum Gasteiger partial charge on any atom is -0.496 e. The molecular weight excluding hydrogens is 321 g/mol. The number of hydrogen-bond acceptors (Lipinski definition) is 3. The van der Waals surface area contributed by atoms with E-state index in [0.717, 1.165) is 0 Å². The molecular formula is C17H17F3N2O2. The van der Waals surface area contributed by atoms with Crippen LogP contribution in [0.4, 0.5) is 18.9 Å². The third-order valence-electron chi connectivity index (χ3n) is 3.37. The second-order valence-corrected chi connectivity index (χ2v) is 5.19. The maximum atomic E-state index is 12.9. The van der Waals surface area contributed by atoms with Gasteiger partial charge in [0.2, 0.25) is 0 Å². The molecule has 1 amide bonds. The molecule has 24 heavy (non-hydrogen) atoms. The molecule has 0 saturated heterocycles. The van der Waals surface area contributed by atoms with E-state index in [1.807, 2.05) is 0 Å². The van der Waals surface area contributed by atoms with Gasteiger partial charge < -0.3 is 15.4 Å². The Balaban J connectivity index is 2.38. The Morgan fingerprint density at radius 3 is 2.38 bits per heavy atom. The lowest BCUT2D eigenvalue weighted by molar-refractivity contribution is -0.141. The number of nitrogens with two attached hydrogens (primary N) is 1. The van der Waals surface area contributed by atoms with E-state index < -0.39 is 18.6 Å². The van der Waals surface area contributed by atoms with Crippen LogP contribution >= 0.6 is 0 Å². The number of rotatable bonds is 5. The lowest BCUT2D eigenvalue weighted by Crippen LogP contribution is -2.39. The lowest BCUT2D eigenvalue weighted by atomic mass is 10.1. The van der Waals surface area contributed by atoms with Crippen molar-refractivity contribution in [1.82, 2.24) is 4.90 Å². The number of anilines is 1. The van der Waals surface area contributed by atoms with Gasteiger partial charge in [0, 0.05) is 12.2 Å². The van der Waals surface area contributed by atoms with E-state index in [-0.39, 0.29) is 23.5 Å². The van der Waals surface area contributed by atoms with Crippen molar-refractivity contribution in [3.05, 3.63) is 59.7 Å². The summed E-state index contributed by atoms with van der Waals surface area (Å²) in [6, 6.07) is 13.0. The molecule has 2 N–H and O–H groups in total. The van der Waals surface area contributed by atoms with Crippen LogP contribution in [0.3, 0.4) is 0 Å². The first-order valence-electron chi connectivity index (χ1n) is 7.14. The van der Waals surface area contributed by atoms with E-state index in [2.05, 4.69) is 0 Å². The SMILES string of the molecule is COc1cccc(N)c1C(=O)N(Cc1ccccc1)CC(F)(F)F. The highest BCUT2D eigenvalue weighted by Crippen LogP contribution is 2.28. The predicted octanol–water partition coefficient (Wildman–Crippen LogP) is 3.48. The molecule has 0 heterocycles. The van der Waals surface area contributed by atoms with Crippen molar-refractivity contribution < 1.29 is 22.7 Å². The summed E-state index contributed by atoms with van der Waals surface area (Å²) in [6.07, 6.45) is -4.53. The Bertz CT molecular complexity index is 703. The van der Waals surface area contributed by atoms with Crippen LogP contribution in [0.15, 0.2) is 48.5 Å². The molecule has 2 rings (SSSR count). The first kappa shape index (κ1) is 17.7. The highest BCUT2D eigenvalue weighted by molar-refractivity contribution is 6.01. The molecule has 128 valence electrons. The van der Waals surface area contributed by atoms with Gasteiger partial charge in [-0.3, -0.25) is 4.79 Å². The topological polar surface area (TPSA) is 55.6 Å². The third-order valence-corrected chi connectivity index (χ3v) is 3.37. The summed E-state index contributed by atoms with van der Waals surface area (Å²) < 4.78 is 43.8. The standard InChI is InChI=1S/C17H17F3N2O2/c1-24-14-9-5-8-13(21)15(14)16(23)22(11-17(18,19)20)10-12-6-3-2-4-7-12/h2-9H,10-11,21H2,1H3. The average molecular weight is 338 g/mol. The molecule has 0 fully saturated rings. The maximum absolute atomic E-state index is 12.9. The summed E-state index contributed by atoms with van der Waals surface area (Å²) >= 11 is 0. The normalized spacial score (nSPS) is 11.2. The predicted molar refractivity (Wildman–Crippen MR) is 84.6 cm³/mol. The van der Waals surface area contributed by atoms with Crippen LogP contribution in [-0.4, -0.2) is 30.6 Å². The third kappa shape index (κ3) is 4.41. The quantitative estimate of drug-likeness (QED) is 0.849.